The van der Waals surface area contributed by atoms with Crippen molar-refractivity contribution in [2.75, 3.05) is 18.0 Å². The molecule has 1 aliphatic heterocycles. The molecule has 124 valence electrons. The van der Waals surface area contributed by atoms with Gasteiger partial charge in [0, 0.05) is 18.8 Å². The molecule has 1 amide bonds. The average Bonchev–Trinajstić information content (AvgIpc) is 2.86. The molecule has 0 aliphatic carbocycles. The molecule has 0 saturated carbocycles. The number of benzene rings is 1. The predicted octanol–water partition coefficient (Wildman–Crippen LogP) is 4.58. The van der Waals surface area contributed by atoms with Crippen LogP contribution >= 0.6 is 24.0 Å². The molecular formula is C18H24N2OS2. The van der Waals surface area contributed by atoms with Gasteiger partial charge in [0.15, 0.2) is 0 Å². The van der Waals surface area contributed by atoms with E-state index in [9.17, 15) is 4.79 Å². The number of amides is 1. The minimum Gasteiger partial charge on any atom is -0.372 e. The Balaban J connectivity index is 2.08. The van der Waals surface area contributed by atoms with Gasteiger partial charge in [-0.1, -0.05) is 62.8 Å². The Kier molecular flexibility index (Phi) is 7.12. The zero-order valence-corrected chi connectivity index (χ0v) is 15.4. The van der Waals surface area contributed by atoms with Crippen LogP contribution in [0, 0.1) is 0 Å². The number of hydrogen-bond donors (Lipinski definition) is 1. The summed E-state index contributed by atoms with van der Waals surface area (Å²) < 4.78 is 0.531. The molecule has 1 N–H and O–H groups in total. The summed E-state index contributed by atoms with van der Waals surface area (Å²) in [5.74, 6) is -0.100. The third kappa shape index (κ3) is 5.36. The Labute approximate surface area is 148 Å². The van der Waals surface area contributed by atoms with Crippen LogP contribution in [0.25, 0.3) is 6.08 Å². The number of nitrogens with one attached hydrogen (secondary N) is 1. The highest BCUT2D eigenvalue weighted by Gasteiger charge is 2.21. The Morgan fingerprint density at radius 2 is 1.74 bits per heavy atom. The van der Waals surface area contributed by atoms with Crippen molar-refractivity contribution in [3.63, 3.8) is 0 Å². The quantitative estimate of drug-likeness (QED) is 0.550. The summed E-state index contributed by atoms with van der Waals surface area (Å²) in [7, 11) is 0. The van der Waals surface area contributed by atoms with E-state index in [4.69, 9.17) is 12.2 Å². The molecule has 0 radical (unpaired) electrons. The topological polar surface area (TPSA) is 32.3 Å². The van der Waals surface area contributed by atoms with Crippen LogP contribution in [0.3, 0.4) is 0 Å². The first-order chi connectivity index (χ1) is 11.1. The number of nitrogens with zero attached hydrogens (tertiary/aromatic N) is 1. The van der Waals surface area contributed by atoms with E-state index < -0.39 is 0 Å². The highest BCUT2D eigenvalue weighted by molar-refractivity contribution is 8.26. The van der Waals surface area contributed by atoms with Crippen molar-refractivity contribution in [2.24, 2.45) is 0 Å². The number of unbranched alkanes of at least 4 members (excludes halogenated alkanes) is 2. The van der Waals surface area contributed by atoms with Crippen LogP contribution in [-0.4, -0.2) is 23.3 Å². The molecule has 1 aromatic rings. The number of thiocarbonyl (C=S) groups is 1. The summed E-state index contributed by atoms with van der Waals surface area (Å²) >= 11 is 6.33. The molecule has 2 rings (SSSR count). The predicted molar refractivity (Wildman–Crippen MR) is 105 cm³/mol. The van der Waals surface area contributed by atoms with Gasteiger partial charge in [0.05, 0.1) is 4.91 Å². The third-order valence-electron chi connectivity index (χ3n) is 3.76. The molecule has 5 heteroatoms. The van der Waals surface area contributed by atoms with Crippen molar-refractivity contribution in [1.29, 1.82) is 0 Å². The molecule has 0 atom stereocenters. The van der Waals surface area contributed by atoms with Gasteiger partial charge in [0.2, 0.25) is 0 Å². The number of rotatable bonds is 8. The van der Waals surface area contributed by atoms with Gasteiger partial charge in [0.1, 0.15) is 4.32 Å². The molecule has 23 heavy (non-hydrogen) atoms. The van der Waals surface area contributed by atoms with E-state index in [1.807, 2.05) is 6.08 Å². The van der Waals surface area contributed by atoms with Crippen LogP contribution < -0.4 is 10.2 Å². The summed E-state index contributed by atoms with van der Waals surface area (Å²) in [6, 6.07) is 8.44. The van der Waals surface area contributed by atoms with Crippen molar-refractivity contribution < 1.29 is 4.79 Å². The molecule has 1 aliphatic rings. The van der Waals surface area contributed by atoms with E-state index in [1.54, 1.807) is 0 Å². The minimum absolute atomic E-state index is 0.100. The number of hydrogen-bond acceptors (Lipinski definition) is 4. The van der Waals surface area contributed by atoms with Gasteiger partial charge in [-0.05, 0) is 36.6 Å². The summed E-state index contributed by atoms with van der Waals surface area (Å²) in [5, 5.41) is 2.64. The molecule has 1 fully saturated rings. The fraction of sp³-hybridized carbons (Fsp3) is 0.444. The molecule has 1 saturated heterocycles. The van der Waals surface area contributed by atoms with Crippen molar-refractivity contribution in [3.8, 4) is 0 Å². The fourth-order valence-electron chi connectivity index (χ4n) is 2.42. The monoisotopic (exact) mass is 348 g/mol. The van der Waals surface area contributed by atoms with E-state index in [-0.39, 0.29) is 5.91 Å². The standard InChI is InChI=1S/C18H24N2OS2/c1-3-5-11-20(12-6-4-2)15-9-7-14(8-10-15)13-16-17(21)19-18(22)23-16/h7-10,13H,3-6,11-12H2,1-2H3,(H,19,21,22). The van der Waals surface area contributed by atoms with E-state index in [2.05, 4.69) is 48.3 Å². The van der Waals surface area contributed by atoms with Crippen molar-refractivity contribution in [3.05, 3.63) is 34.7 Å². The first-order valence-electron chi connectivity index (χ1n) is 8.24. The lowest BCUT2D eigenvalue weighted by atomic mass is 10.1. The highest BCUT2D eigenvalue weighted by atomic mass is 32.2. The first-order valence-corrected chi connectivity index (χ1v) is 9.46. The molecule has 3 nitrogen and oxygen atoms in total. The number of anilines is 1. The van der Waals surface area contributed by atoms with Crippen LogP contribution in [0.4, 0.5) is 5.69 Å². The van der Waals surface area contributed by atoms with Crippen LogP contribution in [0.15, 0.2) is 29.2 Å². The Hall–Kier alpha value is -1.33. The van der Waals surface area contributed by atoms with Crippen molar-refractivity contribution in [2.45, 2.75) is 39.5 Å². The zero-order valence-electron chi connectivity index (χ0n) is 13.8. The number of carbonyl (C=O) groups is 1. The maximum atomic E-state index is 11.7. The second-order valence-corrected chi connectivity index (χ2v) is 7.36. The Bertz CT molecular complexity index is 573. The van der Waals surface area contributed by atoms with Gasteiger partial charge in [-0.15, -0.1) is 0 Å². The van der Waals surface area contributed by atoms with Crippen molar-refractivity contribution in [1.82, 2.24) is 5.32 Å². The van der Waals surface area contributed by atoms with Gasteiger partial charge in [-0.3, -0.25) is 4.79 Å². The Morgan fingerprint density at radius 1 is 1.13 bits per heavy atom. The van der Waals surface area contributed by atoms with Gasteiger partial charge in [0.25, 0.3) is 5.91 Å². The van der Waals surface area contributed by atoms with Gasteiger partial charge >= 0.3 is 0 Å². The van der Waals surface area contributed by atoms with Crippen LogP contribution in [0.2, 0.25) is 0 Å². The lowest BCUT2D eigenvalue weighted by Gasteiger charge is -2.24. The number of carbonyl (C=O) groups excluding carboxylic acids is 1. The van der Waals surface area contributed by atoms with Crippen molar-refractivity contribution >= 4 is 46.0 Å². The minimum atomic E-state index is -0.100. The van der Waals surface area contributed by atoms with E-state index in [1.165, 1.54) is 43.1 Å². The summed E-state index contributed by atoms with van der Waals surface area (Å²) in [4.78, 5) is 14.8. The maximum absolute atomic E-state index is 11.7. The largest absolute Gasteiger partial charge is 0.372 e. The van der Waals surface area contributed by atoms with E-state index in [0.29, 0.717) is 9.23 Å². The molecule has 0 aromatic heterocycles. The molecular weight excluding hydrogens is 324 g/mol. The SMILES string of the molecule is CCCCN(CCCC)c1ccc(C=C2SC(=S)NC2=O)cc1. The molecule has 0 spiro atoms. The molecule has 0 bridgehead atoms. The van der Waals surface area contributed by atoms with Crippen LogP contribution in [-0.2, 0) is 4.79 Å². The fourth-order valence-corrected chi connectivity index (χ4v) is 3.47. The highest BCUT2D eigenvalue weighted by Crippen LogP contribution is 2.26. The smallest absolute Gasteiger partial charge is 0.263 e. The zero-order chi connectivity index (χ0) is 16.7. The molecule has 0 unspecified atom stereocenters. The summed E-state index contributed by atoms with van der Waals surface area (Å²) in [6.07, 6.45) is 6.73. The van der Waals surface area contributed by atoms with E-state index >= 15 is 0 Å². The first kappa shape index (κ1) is 18.0. The third-order valence-corrected chi connectivity index (χ3v) is 4.92. The lowest BCUT2D eigenvalue weighted by Crippen LogP contribution is -2.25. The van der Waals surface area contributed by atoms with Gasteiger partial charge in [-0.25, -0.2) is 0 Å². The number of thioether (sulfide) groups is 1. The summed E-state index contributed by atoms with van der Waals surface area (Å²) in [5.41, 5.74) is 2.29. The summed E-state index contributed by atoms with van der Waals surface area (Å²) in [6.45, 7) is 6.65. The lowest BCUT2D eigenvalue weighted by molar-refractivity contribution is -0.115. The molecule has 1 aromatic carbocycles. The second kappa shape index (κ2) is 9.08. The van der Waals surface area contributed by atoms with Crippen LogP contribution in [0.1, 0.15) is 45.1 Å². The Morgan fingerprint density at radius 3 is 2.22 bits per heavy atom. The van der Waals surface area contributed by atoms with E-state index in [0.717, 1.165) is 18.7 Å². The maximum Gasteiger partial charge on any atom is 0.263 e. The van der Waals surface area contributed by atoms with Gasteiger partial charge < -0.3 is 10.2 Å². The van der Waals surface area contributed by atoms with Gasteiger partial charge in [-0.2, -0.15) is 0 Å². The molecule has 1 heterocycles. The second-order valence-electron chi connectivity index (χ2n) is 5.64. The normalized spacial score (nSPS) is 16.0. The average molecular weight is 349 g/mol. The van der Waals surface area contributed by atoms with Crippen LogP contribution in [0.5, 0.6) is 0 Å².